The molecular formula is C11H10ClF3. The Bertz CT molecular complexity index is 349. The van der Waals surface area contributed by atoms with Crippen LogP contribution in [0.3, 0.4) is 0 Å². The van der Waals surface area contributed by atoms with E-state index in [1.54, 1.807) is 12.1 Å². The molecule has 4 heteroatoms. The molecule has 0 saturated heterocycles. The van der Waals surface area contributed by atoms with Gasteiger partial charge in [0, 0.05) is 5.88 Å². The maximum absolute atomic E-state index is 12.7. The van der Waals surface area contributed by atoms with Crippen molar-refractivity contribution in [3.05, 3.63) is 35.4 Å². The number of halogens is 4. The van der Waals surface area contributed by atoms with Crippen molar-refractivity contribution in [1.82, 2.24) is 0 Å². The summed E-state index contributed by atoms with van der Waals surface area (Å²) in [6.45, 7) is 0. The van der Waals surface area contributed by atoms with Crippen LogP contribution in [-0.4, -0.2) is 6.18 Å². The second kappa shape index (κ2) is 3.41. The van der Waals surface area contributed by atoms with Crippen molar-refractivity contribution in [3.63, 3.8) is 0 Å². The molecule has 0 radical (unpaired) electrons. The van der Waals surface area contributed by atoms with Crippen molar-refractivity contribution in [2.75, 3.05) is 0 Å². The van der Waals surface area contributed by atoms with Crippen LogP contribution in [0, 0.1) is 0 Å². The Labute approximate surface area is 91.1 Å². The van der Waals surface area contributed by atoms with Crippen LogP contribution >= 0.6 is 11.6 Å². The smallest absolute Gasteiger partial charge is 0.170 e. The molecule has 1 saturated carbocycles. The zero-order valence-corrected chi connectivity index (χ0v) is 8.70. The predicted octanol–water partition coefficient (Wildman–Crippen LogP) is 4.02. The number of rotatable bonds is 2. The lowest BCUT2D eigenvalue weighted by Gasteiger charge is -2.19. The summed E-state index contributed by atoms with van der Waals surface area (Å²) < 4.78 is 38.2. The largest absolute Gasteiger partial charge is 0.398 e. The SMILES string of the molecule is FC(F)(F)C1(c2ccc(CCl)cc2)CC1. The lowest BCUT2D eigenvalue weighted by Crippen LogP contribution is -2.28. The maximum Gasteiger partial charge on any atom is 0.398 e. The predicted molar refractivity (Wildman–Crippen MR) is 53.0 cm³/mol. The Morgan fingerprint density at radius 1 is 1.13 bits per heavy atom. The number of hydrogen-bond donors (Lipinski definition) is 0. The Morgan fingerprint density at radius 3 is 2.00 bits per heavy atom. The van der Waals surface area contributed by atoms with Gasteiger partial charge < -0.3 is 0 Å². The second-order valence-electron chi connectivity index (χ2n) is 3.91. The van der Waals surface area contributed by atoms with Gasteiger partial charge in [-0.05, 0) is 24.0 Å². The molecule has 0 spiro atoms. The van der Waals surface area contributed by atoms with E-state index in [0.717, 1.165) is 5.56 Å². The first kappa shape index (κ1) is 10.8. The second-order valence-corrected chi connectivity index (χ2v) is 4.18. The molecule has 1 aromatic carbocycles. The van der Waals surface area contributed by atoms with Crippen molar-refractivity contribution in [3.8, 4) is 0 Å². The fraction of sp³-hybridized carbons (Fsp3) is 0.455. The zero-order valence-electron chi connectivity index (χ0n) is 7.94. The average Bonchev–Trinajstić information content (AvgIpc) is 2.98. The zero-order chi connectivity index (χ0) is 11.1. The molecule has 1 aliphatic rings. The Morgan fingerprint density at radius 2 is 1.67 bits per heavy atom. The fourth-order valence-electron chi connectivity index (χ4n) is 1.77. The van der Waals surface area contributed by atoms with E-state index >= 15 is 0 Å². The quantitative estimate of drug-likeness (QED) is 0.678. The summed E-state index contributed by atoms with van der Waals surface area (Å²) in [6.07, 6.45) is -3.72. The van der Waals surface area contributed by atoms with Crippen LogP contribution in [-0.2, 0) is 11.3 Å². The first-order valence-electron chi connectivity index (χ1n) is 4.72. The molecule has 0 bridgehead atoms. The number of benzene rings is 1. The molecular weight excluding hydrogens is 225 g/mol. The van der Waals surface area contributed by atoms with Gasteiger partial charge in [0.25, 0.3) is 0 Å². The van der Waals surface area contributed by atoms with E-state index in [4.69, 9.17) is 11.6 Å². The first-order chi connectivity index (χ1) is 6.99. The molecule has 0 N–H and O–H groups in total. The summed E-state index contributed by atoms with van der Waals surface area (Å²) in [5.41, 5.74) is -0.361. The van der Waals surface area contributed by atoms with E-state index < -0.39 is 11.6 Å². The van der Waals surface area contributed by atoms with E-state index in [1.165, 1.54) is 12.1 Å². The van der Waals surface area contributed by atoms with Crippen LogP contribution in [0.5, 0.6) is 0 Å². The van der Waals surface area contributed by atoms with Crippen molar-refractivity contribution in [1.29, 1.82) is 0 Å². The van der Waals surface area contributed by atoms with Gasteiger partial charge in [-0.2, -0.15) is 13.2 Å². The van der Waals surface area contributed by atoms with Crippen molar-refractivity contribution in [2.24, 2.45) is 0 Å². The topological polar surface area (TPSA) is 0 Å². The molecule has 0 aliphatic heterocycles. The molecule has 2 rings (SSSR count). The van der Waals surface area contributed by atoms with Gasteiger partial charge in [-0.1, -0.05) is 24.3 Å². The van der Waals surface area contributed by atoms with E-state index in [-0.39, 0.29) is 12.8 Å². The van der Waals surface area contributed by atoms with Crippen LogP contribution in [0.4, 0.5) is 13.2 Å². The minimum atomic E-state index is -4.13. The van der Waals surface area contributed by atoms with Crippen molar-refractivity contribution in [2.45, 2.75) is 30.3 Å². The van der Waals surface area contributed by atoms with Crippen LogP contribution < -0.4 is 0 Å². The van der Waals surface area contributed by atoms with Gasteiger partial charge in [0.2, 0.25) is 0 Å². The van der Waals surface area contributed by atoms with Crippen LogP contribution in [0.25, 0.3) is 0 Å². The summed E-state index contributed by atoms with van der Waals surface area (Å²) in [4.78, 5) is 0. The van der Waals surface area contributed by atoms with Crippen molar-refractivity contribution < 1.29 is 13.2 Å². The summed E-state index contributed by atoms with van der Waals surface area (Å²) >= 11 is 5.58. The van der Waals surface area contributed by atoms with E-state index in [0.29, 0.717) is 11.4 Å². The third-order valence-electron chi connectivity index (χ3n) is 2.95. The Balaban J connectivity index is 2.30. The highest BCUT2D eigenvalue weighted by Crippen LogP contribution is 2.58. The summed E-state index contributed by atoms with van der Waals surface area (Å²) in [5, 5.41) is 0. The molecule has 1 fully saturated rings. The highest BCUT2D eigenvalue weighted by molar-refractivity contribution is 6.17. The monoisotopic (exact) mass is 234 g/mol. The van der Waals surface area contributed by atoms with Gasteiger partial charge in [-0.25, -0.2) is 0 Å². The molecule has 0 atom stereocenters. The molecule has 15 heavy (non-hydrogen) atoms. The molecule has 1 aliphatic carbocycles. The molecule has 1 aromatic rings. The lowest BCUT2D eigenvalue weighted by atomic mass is 9.94. The van der Waals surface area contributed by atoms with Gasteiger partial charge >= 0.3 is 6.18 Å². The normalized spacial score (nSPS) is 18.9. The van der Waals surface area contributed by atoms with Crippen molar-refractivity contribution >= 4 is 11.6 Å². The van der Waals surface area contributed by atoms with Crippen LogP contribution in [0.2, 0.25) is 0 Å². The standard InChI is InChI=1S/C11H10ClF3/c12-7-8-1-3-9(4-2-8)10(5-6-10)11(13,14)15/h1-4H,5-7H2. The third-order valence-corrected chi connectivity index (χ3v) is 3.26. The maximum atomic E-state index is 12.7. The highest BCUT2D eigenvalue weighted by atomic mass is 35.5. The average molecular weight is 235 g/mol. The number of hydrogen-bond acceptors (Lipinski definition) is 0. The number of alkyl halides is 4. The van der Waals surface area contributed by atoms with Gasteiger partial charge in [-0.15, -0.1) is 11.6 Å². The van der Waals surface area contributed by atoms with Crippen LogP contribution in [0.1, 0.15) is 24.0 Å². The Hall–Kier alpha value is -0.700. The summed E-state index contributed by atoms with van der Waals surface area (Å²) in [5.74, 6) is 0.333. The molecule has 0 nitrogen and oxygen atoms in total. The highest BCUT2D eigenvalue weighted by Gasteiger charge is 2.64. The molecule has 0 unspecified atom stereocenters. The van der Waals surface area contributed by atoms with Crippen LogP contribution in [0.15, 0.2) is 24.3 Å². The van der Waals surface area contributed by atoms with E-state index in [1.807, 2.05) is 0 Å². The van der Waals surface area contributed by atoms with Gasteiger partial charge in [0.1, 0.15) is 0 Å². The minimum absolute atomic E-state index is 0.205. The van der Waals surface area contributed by atoms with Gasteiger partial charge in [0.15, 0.2) is 0 Å². The molecule has 0 aromatic heterocycles. The van der Waals surface area contributed by atoms with Gasteiger partial charge in [-0.3, -0.25) is 0 Å². The van der Waals surface area contributed by atoms with Gasteiger partial charge in [0.05, 0.1) is 5.41 Å². The summed E-state index contributed by atoms with van der Waals surface area (Å²) in [7, 11) is 0. The third kappa shape index (κ3) is 1.73. The molecule has 82 valence electrons. The lowest BCUT2D eigenvalue weighted by molar-refractivity contribution is -0.160. The van der Waals surface area contributed by atoms with E-state index in [2.05, 4.69) is 0 Å². The fourth-order valence-corrected chi connectivity index (χ4v) is 1.95. The molecule has 0 heterocycles. The minimum Gasteiger partial charge on any atom is -0.170 e. The van der Waals surface area contributed by atoms with E-state index in [9.17, 15) is 13.2 Å². The molecule has 0 amide bonds. The Kier molecular flexibility index (Phi) is 2.45. The summed E-state index contributed by atoms with van der Waals surface area (Å²) in [6, 6.07) is 6.40. The first-order valence-corrected chi connectivity index (χ1v) is 5.25.